The first-order valence-electron chi connectivity index (χ1n) is 19.5. The Morgan fingerprint density at radius 1 is 0.448 bits per heavy atom. The second-order valence-corrected chi connectivity index (χ2v) is 16.3. The van der Waals surface area contributed by atoms with Crippen molar-refractivity contribution < 1.29 is 8.83 Å². The molecule has 0 aliphatic heterocycles. The number of rotatable bonds is 3. The van der Waals surface area contributed by atoms with E-state index in [0.717, 1.165) is 115 Å². The first kappa shape index (κ1) is 30.7. The van der Waals surface area contributed by atoms with Crippen LogP contribution in [0, 0.1) is 0 Å². The Kier molecular flexibility index (Phi) is 5.85. The fourth-order valence-corrected chi connectivity index (χ4v) is 10.8. The number of benzene rings is 9. The first-order chi connectivity index (χ1) is 28.7. The van der Waals surface area contributed by atoms with Gasteiger partial charge in [0.25, 0.3) is 0 Å². The van der Waals surface area contributed by atoms with E-state index < -0.39 is 0 Å². The molecule has 0 atom stereocenters. The highest BCUT2D eigenvalue weighted by atomic mass is 32.1. The van der Waals surface area contributed by atoms with E-state index in [-0.39, 0.29) is 0 Å². The molecule has 0 fully saturated rings. The maximum Gasteiger partial charge on any atom is 0.161 e. The number of thiophene rings is 1. The summed E-state index contributed by atoms with van der Waals surface area (Å²) in [4.78, 5) is 10.9. The summed E-state index contributed by atoms with van der Waals surface area (Å²) in [7, 11) is 0. The highest BCUT2D eigenvalue weighted by Crippen LogP contribution is 2.47. The molecule has 0 bridgehead atoms. The SMILES string of the molecule is c1ccc2c(c1)oc1cc(-c3nc(-c4ccc(-n5c6ccc7cccc8oc9cccc%10ccc5c(c%109)c6c78)c5ccccc45)nc4c3sc3ccccc34)ccc12. The van der Waals surface area contributed by atoms with Gasteiger partial charge in [0.05, 0.1) is 32.6 Å². The molecule has 0 aliphatic carbocycles. The zero-order chi connectivity index (χ0) is 37.6. The van der Waals surface area contributed by atoms with E-state index in [2.05, 4.69) is 156 Å². The summed E-state index contributed by atoms with van der Waals surface area (Å²) < 4.78 is 17.8. The average Bonchev–Trinajstić information content (AvgIpc) is 3.92. The molecule has 0 unspecified atom stereocenters. The highest BCUT2D eigenvalue weighted by molar-refractivity contribution is 7.26. The Hall–Kier alpha value is -7.54. The molecule has 5 heterocycles. The van der Waals surface area contributed by atoms with E-state index in [9.17, 15) is 0 Å². The summed E-state index contributed by atoms with van der Waals surface area (Å²) in [6, 6.07) is 58.1. The molecular weight excluding hydrogens is 731 g/mol. The Labute approximate surface area is 332 Å². The van der Waals surface area contributed by atoms with Crippen LogP contribution < -0.4 is 0 Å². The van der Waals surface area contributed by atoms with Crippen LogP contribution in [-0.2, 0) is 0 Å². The predicted octanol–water partition coefficient (Wildman–Crippen LogP) is 14.8. The van der Waals surface area contributed by atoms with Gasteiger partial charge in [0.1, 0.15) is 22.3 Å². The fourth-order valence-electron chi connectivity index (χ4n) is 9.68. The van der Waals surface area contributed by atoms with Crippen LogP contribution in [0.3, 0.4) is 0 Å². The Morgan fingerprint density at radius 2 is 1.09 bits per heavy atom. The number of nitrogens with zero attached hydrogens (tertiary/aromatic N) is 3. The van der Waals surface area contributed by atoms with E-state index in [1.54, 1.807) is 11.3 Å². The number of aromatic nitrogens is 3. The molecule has 5 aromatic heterocycles. The summed E-state index contributed by atoms with van der Waals surface area (Å²) in [6.45, 7) is 0. The largest absolute Gasteiger partial charge is 0.456 e. The van der Waals surface area contributed by atoms with Gasteiger partial charge in [-0.1, -0.05) is 103 Å². The van der Waals surface area contributed by atoms with Crippen LogP contribution in [-0.4, -0.2) is 14.5 Å². The molecule has 14 rings (SSSR count). The second kappa shape index (κ2) is 11.1. The summed E-state index contributed by atoms with van der Waals surface area (Å²) >= 11 is 1.74. The van der Waals surface area contributed by atoms with Crippen LogP contribution in [0.25, 0.3) is 136 Å². The molecule has 0 aliphatic rings. The number of hydrogen-bond acceptors (Lipinski definition) is 5. The third-order valence-electron chi connectivity index (χ3n) is 12.2. The Bertz CT molecular complexity index is 3950. The van der Waals surface area contributed by atoms with Gasteiger partial charge in [-0.25, -0.2) is 9.97 Å². The van der Waals surface area contributed by atoms with Crippen molar-refractivity contribution in [2.75, 3.05) is 0 Å². The van der Waals surface area contributed by atoms with Gasteiger partial charge in [0.2, 0.25) is 0 Å². The maximum atomic E-state index is 6.70. The lowest BCUT2D eigenvalue weighted by atomic mass is 10.00. The molecule has 0 spiro atoms. The molecule has 0 saturated carbocycles. The van der Waals surface area contributed by atoms with Crippen molar-refractivity contribution in [2.45, 2.75) is 0 Å². The molecule has 14 aromatic rings. The van der Waals surface area contributed by atoms with Crippen molar-refractivity contribution in [2.24, 2.45) is 0 Å². The smallest absolute Gasteiger partial charge is 0.161 e. The Balaban J connectivity index is 1.05. The van der Waals surface area contributed by atoms with Crippen molar-refractivity contribution in [3.8, 4) is 28.3 Å². The van der Waals surface area contributed by atoms with Crippen LogP contribution in [0.2, 0.25) is 0 Å². The monoisotopic (exact) mass is 757 g/mol. The zero-order valence-corrected chi connectivity index (χ0v) is 31.5. The second-order valence-electron chi connectivity index (χ2n) is 15.2. The summed E-state index contributed by atoms with van der Waals surface area (Å²) in [5.74, 6) is 0.693. The lowest BCUT2D eigenvalue weighted by molar-refractivity contribution is 0.664. The van der Waals surface area contributed by atoms with Gasteiger partial charge >= 0.3 is 0 Å². The van der Waals surface area contributed by atoms with E-state index >= 15 is 0 Å². The normalized spacial score (nSPS) is 12.5. The van der Waals surface area contributed by atoms with Gasteiger partial charge in [-0.05, 0) is 76.8 Å². The maximum absolute atomic E-state index is 6.70. The Morgan fingerprint density at radius 3 is 1.86 bits per heavy atom. The number of fused-ring (bicyclic) bond motifs is 7. The molecule has 0 saturated heterocycles. The zero-order valence-electron chi connectivity index (χ0n) is 30.7. The van der Waals surface area contributed by atoms with Gasteiger partial charge in [0, 0.05) is 58.9 Å². The van der Waals surface area contributed by atoms with Crippen molar-refractivity contribution in [1.29, 1.82) is 0 Å². The lowest BCUT2D eigenvalue weighted by Crippen LogP contribution is -1.98. The fraction of sp³-hybridized carbons (Fsp3) is 0. The third-order valence-corrected chi connectivity index (χ3v) is 13.3. The third kappa shape index (κ3) is 3.99. The summed E-state index contributed by atoms with van der Waals surface area (Å²) in [5, 5.41) is 12.6. The van der Waals surface area contributed by atoms with Gasteiger partial charge in [-0.15, -0.1) is 11.3 Å². The predicted molar refractivity (Wildman–Crippen MR) is 241 cm³/mol. The van der Waals surface area contributed by atoms with Crippen LogP contribution >= 0.6 is 11.3 Å². The summed E-state index contributed by atoms with van der Waals surface area (Å²) in [5.41, 5.74) is 10.7. The highest BCUT2D eigenvalue weighted by Gasteiger charge is 2.24. The van der Waals surface area contributed by atoms with Gasteiger partial charge in [-0.2, -0.15) is 0 Å². The molecule has 0 radical (unpaired) electrons. The quantitative estimate of drug-likeness (QED) is 0.180. The van der Waals surface area contributed by atoms with Crippen LogP contribution in [0.5, 0.6) is 0 Å². The summed E-state index contributed by atoms with van der Waals surface area (Å²) in [6.07, 6.45) is 0. The van der Waals surface area contributed by atoms with Crippen LogP contribution in [0.4, 0.5) is 0 Å². The molecule has 58 heavy (non-hydrogen) atoms. The van der Waals surface area contributed by atoms with Crippen molar-refractivity contribution in [1.82, 2.24) is 14.5 Å². The topological polar surface area (TPSA) is 57.0 Å². The minimum absolute atomic E-state index is 0.693. The molecule has 5 nitrogen and oxygen atoms in total. The average molecular weight is 758 g/mol. The molecule has 6 heteroatoms. The van der Waals surface area contributed by atoms with Crippen LogP contribution in [0.15, 0.2) is 173 Å². The molecular formula is C52H27N3O2S. The van der Waals surface area contributed by atoms with Gasteiger partial charge in [-0.3, -0.25) is 0 Å². The van der Waals surface area contributed by atoms with Gasteiger partial charge < -0.3 is 13.4 Å². The number of hydrogen-bond donors (Lipinski definition) is 0. The first-order valence-corrected chi connectivity index (χ1v) is 20.3. The van der Waals surface area contributed by atoms with E-state index in [0.29, 0.717) is 5.82 Å². The van der Waals surface area contributed by atoms with E-state index in [4.69, 9.17) is 18.8 Å². The minimum Gasteiger partial charge on any atom is -0.456 e. The molecule has 0 amide bonds. The van der Waals surface area contributed by atoms with Crippen molar-refractivity contribution >= 4 is 119 Å². The number of furan rings is 1. The number of para-hydroxylation sites is 1. The minimum atomic E-state index is 0.693. The van der Waals surface area contributed by atoms with E-state index in [1.807, 2.05) is 12.1 Å². The van der Waals surface area contributed by atoms with E-state index in [1.165, 1.54) is 15.5 Å². The van der Waals surface area contributed by atoms with Crippen LogP contribution in [0.1, 0.15) is 0 Å². The molecule has 0 N–H and O–H groups in total. The standard InChI is InChI=1S/C52H27N3O2S/c1-2-12-32-31(11-1)35(23-26-37(32)55-38-24-20-28-9-7-16-41-45(28)47(38)48-39(55)25-21-29-10-8-17-42(57-41)46(29)48)52-53-49(51-50(54-52)36-14-4-6-18-44(36)58-51)30-19-22-34-33-13-3-5-15-40(33)56-43(34)27-30/h1-27H. The molecule has 9 aromatic carbocycles. The van der Waals surface area contributed by atoms with Gasteiger partial charge in [0.15, 0.2) is 5.82 Å². The molecule has 268 valence electrons. The lowest BCUT2D eigenvalue weighted by Gasteiger charge is -2.15. The van der Waals surface area contributed by atoms with Crippen molar-refractivity contribution in [3.63, 3.8) is 0 Å². The van der Waals surface area contributed by atoms with Crippen molar-refractivity contribution in [3.05, 3.63) is 164 Å².